The van der Waals surface area contributed by atoms with Gasteiger partial charge in [-0.3, -0.25) is 4.90 Å². The van der Waals surface area contributed by atoms with Crippen LogP contribution in [0.3, 0.4) is 0 Å². The molecule has 0 aromatic heterocycles. The Morgan fingerprint density at radius 3 is 2.79 bits per heavy atom. The van der Waals surface area contributed by atoms with E-state index >= 15 is 0 Å². The molecule has 2 fully saturated rings. The van der Waals surface area contributed by atoms with Crippen molar-refractivity contribution in [3.8, 4) is 11.5 Å². The number of aliphatic hydroxyl groups is 1. The number of ether oxygens (including phenoxy) is 1. The molecular formula is C24H30FNO3. The highest BCUT2D eigenvalue weighted by atomic mass is 19.1. The van der Waals surface area contributed by atoms with Gasteiger partial charge < -0.3 is 14.9 Å². The number of halogens is 1. The molecule has 1 saturated carbocycles. The lowest BCUT2D eigenvalue weighted by Crippen LogP contribution is -2.54. The molecule has 2 aromatic carbocycles. The molecule has 2 N–H and O–H groups in total. The van der Waals surface area contributed by atoms with E-state index in [1.165, 1.54) is 6.07 Å². The summed E-state index contributed by atoms with van der Waals surface area (Å²) in [6.07, 6.45) is 4.61. The molecule has 2 aliphatic rings. The van der Waals surface area contributed by atoms with E-state index < -0.39 is 5.60 Å². The third kappa shape index (κ3) is 3.99. The number of aromatic hydroxyl groups is 1. The van der Waals surface area contributed by atoms with Crippen LogP contribution in [0.2, 0.25) is 0 Å². The molecule has 0 unspecified atom stereocenters. The topological polar surface area (TPSA) is 52.9 Å². The summed E-state index contributed by atoms with van der Waals surface area (Å²) in [7, 11) is 0. The van der Waals surface area contributed by atoms with Crippen LogP contribution in [0.15, 0.2) is 42.5 Å². The Kier molecular flexibility index (Phi) is 5.79. The van der Waals surface area contributed by atoms with Crippen LogP contribution >= 0.6 is 0 Å². The number of phenolic OH excluding ortho intramolecular Hbond substituents is 1. The van der Waals surface area contributed by atoms with E-state index in [2.05, 4.69) is 4.90 Å². The number of nitrogens with zero attached hydrogens (tertiary/aromatic N) is 1. The quantitative estimate of drug-likeness (QED) is 0.758. The Morgan fingerprint density at radius 2 is 2.00 bits per heavy atom. The predicted octanol–water partition coefficient (Wildman–Crippen LogP) is 4.80. The Hall–Kier alpha value is -2.11. The molecule has 156 valence electrons. The average molecular weight is 400 g/mol. The van der Waals surface area contributed by atoms with Gasteiger partial charge in [-0.2, -0.15) is 0 Å². The van der Waals surface area contributed by atoms with E-state index in [4.69, 9.17) is 4.74 Å². The minimum atomic E-state index is -0.682. The molecule has 5 heteroatoms. The maximum Gasteiger partial charge on any atom is 0.161 e. The Morgan fingerprint density at radius 1 is 1.17 bits per heavy atom. The third-order valence-corrected chi connectivity index (χ3v) is 6.63. The molecular weight excluding hydrogens is 369 g/mol. The first-order chi connectivity index (χ1) is 14.0. The number of fused-ring (bicyclic) bond motifs is 1. The highest BCUT2D eigenvalue weighted by Crippen LogP contribution is 2.50. The molecule has 0 amide bonds. The molecule has 1 aliphatic heterocycles. The lowest BCUT2D eigenvalue weighted by molar-refractivity contribution is -0.126. The maximum atomic E-state index is 14.4. The molecule has 29 heavy (non-hydrogen) atoms. The highest BCUT2D eigenvalue weighted by molar-refractivity contribution is 5.43. The molecule has 3 atom stereocenters. The summed E-state index contributed by atoms with van der Waals surface area (Å²) in [4.78, 5) is 2.28. The Bertz CT molecular complexity index is 858. The standard InChI is InChI=1S/C24H30FNO3/c1-2-29-22-15-17(10-11-21(22)27)23-19-8-5-6-12-24(19,28)13-14-26(23)16-18-7-3-4-9-20(18)25/h3-4,7,9-11,15,19,23,27-28H,2,5-6,8,12-14,16H2,1H3/t19-,23-,24-/m1/s1. The summed E-state index contributed by atoms with van der Waals surface area (Å²) in [5, 5.41) is 21.6. The maximum absolute atomic E-state index is 14.4. The lowest BCUT2D eigenvalue weighted by Gasteiger charge is -2.52. The van der Waals surface area contributed by atoms with Gasteiger partial charge in [0.05, 0.1) is 12.2 Å². The number of hydrogen-bond donors (Lipinski definition) is 2. The molecule has 0 bridgehead atoms. The number of hydrogen-bond acceptors (Lipinski definition) is 4. The molecule has 4 rings (SSSR count). The van der Waals surface area contributed by atoms with E-state index in [-0.39, 0.29) is 23.5 Å². The fraction of sp³-hybridized carbons (Fsp3) is 0.500. The van der Waals surface area contributed by atoms with Crippen molar-refractivity contribution in [1.29, 1.82) is 0 Å². The lowest BCUT2D eigenvalue weighted by atomic mass is 9.66. The van der Waals surface area contributed by atoms with Crippen LogP contribution in [0.5, 0.6) is 11.5 Å². The summed E-state index contributed by atoms with van der Waals surface area (Å²) in [5.41, 5.74) is 0.994. The smallest absolute Gasteiger partial charge is 0.161 e. The largest absolute Gasteiger partial charge is 0.504 e. The minimum Gasteiger partial charge on any atom is -0.504 e. The summed E-state index contributed by atoms with van der Waals surface area (Å²) < 4.78 is 20.0. The predicted molar refractivity (Wildman–Crippen MR) is 110 cm³/mol. The van der Waals surface area contributed by atoms with Crippen molar-refractivity contribution in [3.63, 3.8) is 0 Å². The normalized spacial score (nSPS) is 27.4. The average Bonchev–Trinajstić information content (AvgIpc) is 2.71. The van der Waals surface area contributed by atoms with Crippen LogP contribution in [-0.4, -0.2) is 33.9 Å². The van der Waals surface area contributed by atoms with Crippen LogP contribution in [0.1, 0.15) is 56.2 Å². The molecule has 0 radical (unpaired) electrons. The van der Waals surface area contributed by atoms with Gasteiger partial charge in [-0.1, -0.05) is 37.1 Å². The fourth-order valence-corrected chi connectivity index (χ4v) is 5.19. The van der Waals surface area contributed by atoms with Crippen molar-refractivity contribution in [1.82, 2.24) is 4.90 Å². The van der Waals surface area contributed by atoms with E-state index in [0.29, 0.717) is 37.4 Å². The second kappa shape index (κ2) is 8.33. The highest BCUT2D eigenvalue weighted by Gasteiger charge is 2.49. The van der Waals surface area contributed by atoms with Crippen LogP contribution < -0.4 is 4.74 Å². The third-order valence-electron chi connectivity index (χ3n) is 6.63. The van der Waals surface area contributed by atoms with Gasteiger partial charge in [0.1, 0.15) is 5.82 Å². The molecule has 0 spiro atoms. The van der Waals surface area contributed by atoms with E-state index in [1.807, 2.05) is 31.2 Å². The zero-order valence-corrected chi connectivity index (χ0v) is 17.0. The second-order valence-corrected chi connectivity index (χ2v) is 8.37. The van der Waals surface area contributed by atoms with Crippen molar-refractivity contribution in [2.75, 3.05) is 13.2 Å². The first-order valence-corrected chi connectivity index (χ1v) is 10.7. The second-order valence-electron chi connectivity index (χ2n) is 8.37. The van der Waals surface area contributed by atoms with Crippen molar-refractivity contribution in [2.45, 2.75) is 57.2 Å². The van der Waals surface area contributed by atoms with Crippen molar-refractivity contribution in [2.24, 2.45) is 5.92 Å². The molecule has 2 aromatic rings. The molecule has 4 nitrogen and oxygen atoms in total. The summed E-state index contributed by atoms with van der Waals surface area (Å²) in [6.45, 7) is 3.55. The van der Waals surface area contributed by atoms with Crippen molar-refractivity contribution < 1.29 is 19.3 Å². The summed E-state index contributed by atoms with van der Waals surface area (Å²) in [5.74, 6) is 0.457. The number of rotatable bonds is 5. The first kappa shape index (κ1) is 20.2. The van der Waals surface area contributed by atoms with Gasteiger partial charge in [-0.05, 0) is 49.9 Å². The van der Waals surface area contributed by atoms with Gasteiger partial charge in [0.2, 0.25) is 0 Å². The van der Waals surface area contributed by atoms with Gasteiger partial charge >= 0.3 is 0 Å². The first-order valence-electron chi connectivity index (χ1n) is 10.7. The van der Waals surface area contributed by atoms with Crippen molar-refractivity contribution in [3.05, 3.63) is 59.4 Å². The van der Waals surface area contributed by atoms with Gasteiger partial charge in [-0.15, -0.1) is 0 Å². The molecule has 1 saturated heterocycles. The van der Waals surface area contributed by atoms with Gasteiger partial charge in [-0.25, -0.2) is 4.39 Å². The number of likely N-dealkylation sites (tertiary alicyclic amines) is 1. The van der Waals surface area contributed by atoms with E-state index in [1.54, 1.807) is 12.1 Å². The van der Waals surface area contributed by atoms with Crippen LogP contribution in [0.4, 0.5) is 4.39 Å². The van der Waals surface area contributed by atoms with E-state index in [9.17, 15) is 14.6 Å². The van der Waals surface area contributed by atoms with Gasteiger partial charge in [0.25, 0.3) is 0 Å². The monoisotopic (exact) mass is 399 g/mol. The van der Waals surface area contributed by atoms with E-state index in [0.717, 1.165) is 31.2 Å². The fourth-order valence-electron chi connectivity index (χ4n) is 5.19. The van der Waals surface area contributed by atoms with Crippen LogP contribution in [0, 0.1) is 11.7 Å². The molecule has 1 aliphatic carbocycles. The molecule has 1 heterocycles. The number of benzene rings is 2. The zero-order valence-electron chi connectivity index (χ0n) is 17.0. The number of phenols is 1. The Labute approximate surface area is 171 Å². The Balaban J connectivity index is 1.72. The number of piperidine rings is 1. The summed E-state index contributed by atoms with van der Waals surface area (Å²) in [6, 6.07) is 12.3. The van der Waals surface area contributed by atoms with Gasteiger partial charge in [0.15, 0.2) is 11.5 Å². The minimum absolute atomic E-state index is 0.0477. The van der Waals surface area contributed by atoms with Crippen molar-refractivity contribution >= 4 is 0 Å². The SMILES string of the molecule is CCOc1cc([C@@H]2[C@H]3CCCC[C@@]3(O)CCN2Cc2ccccc2F)ccc1O. The summed E-state index contributed by atoms with van der Waals surface area (Å²) >= 11 is 0. The zero-order chi connectivity index (χ0) is 20.4. The van der Waals surface area contributed by atoms with Gasteiger partial charge in [0, 0.05) is 30.6 Å². The van der Waals surface area contributed by atoms with Crippen LogP contribution in [-0.2, 0) is 6.54 Å². The van der Waals surface area contributed by atoms with Crippen LogP contribution in [0.25, 0.3) is 0 Å².